The molecule has 0 amide bonds. The molecule has 0 aliphatic heterocycles. The van der Waals surface area contributed by atoms with Gasteiger partial charge < -0.3 is 8.94 Å². The largest absolute Gasteiger partial charge is 0.455 e. The molecule has 2 aromatic heterocycles. The van der Waals surface area contributed by atoms with Crippen LogP contribution in [0.4, 0.5) is 0 Å². The van der Waals surface area contributed by atoms with Crippen molar-refractivity contribution in [3.63, 3.8) is 0 Å². The van der Waals surface area contributed by atoms with E-state index in [-0.39, 0.29) is 11.6 Å². The first-order valence-corrected chi connectivity index (χ1v) is 11.3. The molecule has 4 rings (SSSR count). The highest BCUT2D eigenvalue weighted by molar-refractivity contribution is 7.90. The number of hydrogen-bond donors (Lipinski definition) is 0. The molecule has 2 heterocycles. The van der Waals surface area contributed by atoms with Gasteiger partial charge in [0.1, 0.15) is 11.5 Å². The third-order valence-corrected chi connectivity index (χ3v) is 6.98. The number of halogens is 1. The molecule has 0 radical (unpaired) electrons. The average Bonchev–Trinajstić information content (AvgIpc) is 3.34. The number of benzene rings is 2. The molecule has 0 aliphatic carbocycles. The van der Waals surface area contributed by atoms with E-state index in [1.54, 1.807) is 37.3 Å². The smallest absolute Gasteiger partial charge is 0.293 e. The quantitative estimate of drug-likeness (QED) is 0.402. The number of furan rings is 1. The zero-order valence-electron chi connectivity index (χ0n) is 16.6. The van der Waals surface area contributed by atoms with Crippen molar-refractivity contribution in [2.45, 2.75) is 31.4 Å². The summed E-state index contributed by atoms with van der Waals surface area (Å²) in [6.07, 6.45) is 0. The molecule has 0 fully saturated rings. The Morgan fingerprint density at radius 2 is 1.70 bits per heavy atom. The number of nitrogens with zero attached hydrogens (tertiary/aromatic N) is 2. The van der Waals surface area contributed by atoms with E-state index in [2.05, 4.69) is 10.1 Å². The second kappa shape index (κ2) is 7.74. The van der Waals surface area contributed by atoms with E-state index in [9.17, 15) is 8.42 Å². The maximum atomic E-state index is 12.9. The zero-order valence-corrected chi connectivity index (χ0v) is 18.2. The second-order valence-electron chi connectivity index (χ2n) is 7.13. The van der Waals surface area contributed by atoms with E-state index in [1.165, 1.54) is 0 Å². The molecule has 4 aromatic rings. The highest BCUT2D eigenvalue weighted by Crippen LogP contribution is 2.29. The van der Waals surface area contributed by atoms with Crippen molar-refractivity contribution in [3.05, 3.63) is 76.0 Å². The first-order valence-electron chi connectivity index (χ1n) is 9.23. The Morgan fingerprint density at radius 3 is 2.47 bits per heavy atom. The molecule has 0 atom stereocenters. The number of sulfone groups is 1. The summed E-state index contributed by atoms with van der Waals surface area (Å²) >= 11 is 6.17. The van der Waals surface area contributed by atoms with Crippen molar-refractivity contribution in [3.8, 4) is 23.0 Å². The van der Waals surface area contributed by atoms with E-state index in [4.69, 9.17) is 20.5 Å². The summed E-state index contributed by atoms with van der Waals surface area (Å²) in [6.45, 7) is 5.64. The highest BCUT2D eigenvalue weighted by atomic mass is 35.5. The summed E-state index contributed by atoms with van der Waals surface area (Å²) in [5.41, 5.74) is 3.33. The summed E-state index contributed by atoms with van der Waals surface area (Å²) < 4.78 is 36.8. The van der Waals surface area contributed by atoms with Crippen molar-refractivity contribution < 1.29 is 17.4 Å². The van der Waals surface area contributed by atoms with Crippen LogP contribution in [-0.2, 0) is 15.6 Å². The first-order chi connectivity index (χ1) is 14.2. The lowest BCUT2D eigenvalue weighted by molar-refractivity contribution is 0.413. The van der Waals surface area contributed by atoms with E-state index in [0.717, 1.165) is 11.1 Å². The fourth-order valence-corrected chi connectivity index (χ4v) is 4.99. The molecule has 0 aliphatic rings. The second-order valence-corrected chi connectivity index (χ2v) is 9.50. The molecule has 0 unspecified atom stereocenters. The maximum absolute atomic E-state index is 12.9. The van der Waals surface area contributed by atoms with Crippen LogP contribution in [0.2, 0.25) is 5.02 Å². The van der Waals surface area contributed by atoms with Gasteiger partial charge in [-0.2, -0.15) is 4.98 Å². The summed E-state index contributed by atoms with van der Waals surface area (Å²) in [7, 11) is -3.57. The van der Waals surface area contributed by atoms with Crippen molar-refractivity contribution >= 4 is 21.4 Å². The molecule has 30 heavy (non-hydrogen) atoms. The van der Waals surface area contributed by atoms with Crippen LogP contribution in [0.15, 0.2) is 62.4 Å². The van der Waals surface area contributed by atoms with Crippen LogP contribution < -0.4 is 0 Å². The number of aromatic nitrogens is 2. The van der Waals surface area contributed by atoms with Crippen molar-refractivity contribution in [2.24, 2.45) is 0 Å². The summed E-state index contributed by atoms with van der Waals surface area (Å²) in [5, 5.41) is 4.44. The molecular weight excluding hydrogens is 424 g/mol. The molecule has 0 bridgehead atoms. The lowest BCUT2D eigenvalue weighted by atomic mass is 10.1. The van der Waals surface area contributed by atoms with Gasteiger partial charge in [-0.3, -0.25) is 0 Å². The molecular formula is C22H19ClN2O4S. The fourth-order valence-electron chi connectivity index (χ4n) is 3.18. The normalized spacial score (nSPS) is 11.7. The Hall–Kier alpha value is -2.90. The molecule has 2 aromatic carbocycles. The lowest BCUT2D eigenvalue weighted by Gasteiger charge is -2.10. The third-order valence-electron chi connectivity index (χ3n) is 4.87. The average molecular weight is 443 g/mol. The van der Waals surface area contributed by atoms with Gasteiger partial charge in [0.25, 0.3) is 5.89 Å². The van der Waals surface area contributed by atoms with Crippen LogP contribution in [-0.4, -0.2) is 18.6 Å². The minimum absolute atomic E-state index is 0.149. The van der Waals surface area contributed by atoms with Gasteiger partial charge in [-0.1, -0.05) is 35.0 Å². The Balaban J connectivity index is 1.60. The van der Waals surface area contributed by atoms with Crippen LogP contribution in [0, 0.1) is 20.8 Å². The van der Waals surface area contributed by atoms with Gasteiger partial charge in [0.15, 0.2) is 15.6 Å². The van der Waals surface area contributed by atoms with Crippen LogP contribution in [0.25, 0.3) is 23.0 Å². The molecule has 0 saturated carbocycles. The predicted molar refractivity (Wildman–Crippen MR) is 114 cm³/mol. The third kappa shape index (κ3) is 3.91. The zero-order chi connectivity index (χ0) is 21.5. The molecule has 8 heteroatoms. The standard InChI is InChI=1S/C22H19ClN2O4S/c1-13-10-15(3)20(11-14(13)2)30(26,27)12-16-8-9-19(28-16)22-24-21(25-29-22)17-6-4-5-7-18(17)23/h4-11H,12H2,1-3H3. The SMILES string of the molecule is Cc1cc(C)c(S(=O)(=O)Cc2ccc(-c3nc(-c4ccccc4Cl)no3)o2)cc1C. The number of hydrogen-bond acceptors (Lipinski definition) is 6. The van der Waals surface area contributed by atoms with Crippen LogP contribution in [0.3, 0.4) is 0 Å². The van der Waals surface area contributed by atoms with Crippen LogP contribution >= 0.6 is 11.6 Å². The monoisotopic (exact) mass is 442 g/mol. The summed E-state index contributed by atoms with van der Waals surface area (Å²) in [5.74, 6) is 0.799. The Labute approximate surface area is 179 Å². The molecule has 6 nitrogen and oxygen atoms in total. The predicted octanol–water partition coefficient (Wildman–Crippen LogP) is 5.55. The Kier molecular flexibility index (Phi) is 5.26. The van der Waals surface area contributed by atoms with Crippen LogP contribution in [0.5, 0.6) is 0 Å². The lowest BCUT2D eigenvalue weighted by Crippen LogP contribution is -2.07. The fraction of sp³-hybridized carbons (Fsp3) is 0.182. The van der Waals surface area contributed by atoms with Gasteiger partial charge in [0, 0.05) is 5.56 Å². The first kappa shape index (κ1) is 20.4. The number of rotatable bonds is 5. The van der Waals surface area contributed by atoms with E-state index in [0.29, 0.717) is 38.4 Å². The molecule has 0 N–H and O–H groups in total. The van der Waals surface area contributed by atoms with E-state index >= 15 is 0 Å². The Morgan fingerprint density at radius 1 is 0.967 bits per heavy atom. The number of aryl methyl sites for hydroxylation is 3. The van der Waals surface area contributed by atoms with E-state index in [1.807, 2.05) is 32.0 Å². The molecule has 154 valence electrons. The highest BCUT2D eigenvalue weighted by Gasteiger charge is 2.22. The topological polar surface area (TPSA) is 86.2 Å². The van der Waals surface area contributed by atoms with Crippen molar-refractivity contribution in [1.82, 2.24) is 10.1 Å². The van der Waals surface area contributed by atoms with Gasteiger partial charge in [-0.25, -0.2) is 8.42 Å². The summed E-state index contributed by atoms with van der Waals surface area (Å²) in [6, 6.07) is 13.9. The van der Waals surface area contributed by atoms with Gasteiger partial charge in [0.2, 0.25) is 5.82 Å². The van der Waals surface area contributed by atoms with E-state index < -0.39 is 9.84 Å². The van der Waals surface area contributed by atoms with Crippen molar-refractivity contribution in [1.29, 1.82) is 0 Å². The Bertz CT molecular complexity index is 1340. The van der Waals surface area contributed by atoms with Gasteiger partial charge in [-0.15, -0.1) is 0 Å². The van der Waals surface area contributed by atoms with Crippen molar-refractivity contribution in [2.75, 3.05) is 0 Å². The minimum atomic E-state index is -3.57. The van der Waals surface area contributed by atoms with Crippen LogP contribution in [0.1, 0.15) is 22.5 Å². The van der Waals surface area contributed by atoms with Gasteiger partial charge in [0.05, 0.1) is 9.92 Å². The van der Waals surface area contributed by atoms with Gasteiger partial charge >= 0.3 is 0 Å². The molecule has 0 spiro atoms. The minimum Gasteiger partial charge on any atom is -0.455 e. The molecule has 0 saturated heterocycles. The summed E-state index contributed by atoms with van der Waals surface area (Å²) in [4.78, 5) is 4.62. The maximum Gasteiger partial charge on any atom is 0.293 e. The van der Waals surface area contributed by atoms with Gasteiger partial charge in [-0.05, 0) is 67.8 Å².